The average Bonchev–Trinajstić information content (AvgIpc) is 2.82. The third-order valence-corrected chi connectivity index (χ3v) is 3.41. The van der Waals surface area contributed by atoms with Gasteiger partial charge < -0.3 is 9.47 Å². The van der Waals surface area contributed by atoms with E-state index in [2.05, 4.69) is 0 Å². The van der Waals surface area contributed by atoms with Crippen LogP contribution in [0.4, 0.5) is 4.79 Å². The van der Waals surface area contributed by atoms with Crippen molar-refractivity contribution in [3.05, 3.63) is 47.7 Å². The number of esters is 1. The molecule has 0 saturated carbocycles. The van der Waals surface area contributed by atoms with E-state index in [0.29, 0.717) is 0 Å². The molecule has 1 aromatic rings. The van der Waals surface area contributed by atoms with Crippen molar-refractivity contribution in [2.75, 3.05) is 0 Å². The van der Waals surface area contributed by atoms with Gasteiger partial charge in [-0.15, -0.1) is 0 Å². The molecular formula is C18H23NO4. The Morgan fingerprint density at radius 1 is 1.26 bits per heavy atom. The predicted molar refractivity (Wildman–Crippen MR) is 86.1 cm³/mol. The third kappa shape index (κ3) is 4.12. The van der Waals surface area contributed by atoms with Crippen LogP contribution in [0.1, 0.15) is 33.3 Å². The summed E-state index contributed by atoms with van der Waals surface area (Å²) in [6, 6.07) is 9.42. The Bertz CT molecular complexity index is 592. The van der Waals surface area contributed by atoms with Crippen LogP contribution in [0.5, 0.6) is 0 Å². The molecule has 0 aliphatic carbocycles. The molecule has 23 heavy (non-hydrogen) atoms. The van der Waals surface area contributed by atoms with E-state index in [9.17, 15) is 9.59 Å². The fourth-order valence-electron chi connectivity index (χ4n) is 2.35. The second kappa shape index (κ2) is 7.31. The maximum absolute atomic E-state index is 12.5. The highest BCUT2D eigenvalue weighted by Gasteiger charge is 2.43. The number of hydrogen-bond acceptors (Lipinski definition) is 4. The third-order valence-electron chi connectivity index (χ3n) is 3.41. The van der Waals surface area contributed by atoms with Gasteiger partial charge in [0.15, 0.2) is 6.23 Å². The lowest BCUT2D eigenvalue weighted by Gasteiger charge is -2.24. The van der Waals surface area contributed by atoms with Gasteiger partial charge in [0.2, 0.25) is 0 Å². The molecule has 124 valence electrons. The van der Waals surface area contributed by atoms with Gasteiger partial charge in [-0.1, -0.05) is 64.1 Å². The number of hydrogen-bond donors (Lipinski definition) is 0. The molecule has 0 aromatic heterocycles. The van der Waals surface area contributed by atoms with Gasteiger partial charge in [-0.05, 0) is 11.5 Å². The van der Waals surface area contributed by atoms with Crippen LogP contribution in [0.15, 0.2) is 42.1 Å². The second-order valence-electron chi connectivity index (χ2n) is 6.25. The lowest BCUT2D eigenvalue weighted by atomic mass is 10.1. The van der Waals surface area contributed by atoms with Crippen LogP contribution in [-0.2, 0) is 20.9 Å². The molecule has 1 unspecified atom stereocenters. The normalized spacial score (nSPS) is 19.6. The van der Waals surface area contributed by atoms with Crippen LogP contribution in [0, 0.1) is 11.8 Å². The van der Waals surface area contributed by atoms with Gasteiger partial charge in [-0.2, -0.15) is 0 Å². The molecule has 2 rings (SSSR count). The molecule has 1 heterocycles. The first kappa shape index (κ1) is 17.1. The zero-order valence-electron chi connectivity index (χ0n) is 14.0. The second-order valence-corrected chi connectivity index (χ2v) is 6.25. The molecule has 1 aromatic carbocycles. The summed E-state index contributed by atoms with van der Waals surface area (Å²) in [6.07, 6.45) is 0.537. The van der Waals surface area contributed by atoms with Gasteiger partial charge in [-0.3, -0.25) is 0 Å². The number of ether oxygens (including phenoxy) is 2. The molecule has 1 aliphatic rings. The molecule has 0 bridgehead atoms. The SMILES string of the molecule is CC(C)/C=C1\C(=O)OC(C(C)C)N1C(=O)OCc1ccccc1. The van der Waals surface area contributed by atoms with Gasteiger partial charge in [0.1, 0.15) is 12.3 Å². The number of rotatable bonds is 4. The molecule has 1 atom stereocenters. The molecule has 5 nitrogen and oxygen atoms in total. The molecule has 0 radical (unpaired) electrons. The molecule has 0 N–H and O–H groups in total. The van der Waals surface area contributed by atoms with Crippen LogP contribution in [0.25, 0.3) is 0 Å². The fraction of sp³-hybridized carbons (Fsp3) is 0.444. The van der Waals surface area contributed by atoms with E-state index in [1.165, 1.54) is 4.90 Å². The lowest BCUT2D eigenvalue weighted by molar-refractivity contribution is -0.142. The molecular weight excluding hydrogens is 294 g/mol. The quantitative estimate of drug-likeness (QED) is 0.627. The number of amides is 1. The van der Waals surface area contributed by atoms with E-state index in [-0.39, 0.29) is 24.1 Å². The lowest BCUT2D eigenvalue weighted by Crippen LogP contribution is -2.38. The molecule has 1 saturated heterocycles. The van der Waals surface area contributed by atoms with Crippen molar-refractivity contribution in [1.29, 1.82) is 0 Å². The van der Waals surface area contributed by atoms with E-state index in [4.69, 9.17) is 9.47 Å². The van der Waals surface area contributed by atoms with Crippen molar-refractivity contribution >= 4 is 12.1 Å². The highest BCUT2D eigenvalue weighted by Crippen LogP contribution is 2.29. The summed E-state index contributed by atoms with van der Waals surface area (Å²) in [6.45, 7) is 7.83. The predicted octanol–water partition coefficient (Wildman–Crippen LogP) is 3.70. The van der Waals surface area contributed by atoms with Gasteiger partial charge >= 0.3 is 12.1 Å². The van der Waals surface area contributed by atoms with Crippen LogP contribution in [0.3, 0.4) is 0 Å². The number of carbonyl (C=O) groups is 2. The van der Waals surface area contributed by atoms with Crippen LogP contribution < -0.4 is 0 Å². The van der Waals surface area contributed by atoms with Crippen molar-refractivity contribution in [2.24, 2.45) is 11.8 Å². The van der Waals surface area contributed by atoms with Crippen LogP contribution >= 0.6 is 0 Å². The Morgan fingerprint density at radius 3 is 2.48 bits per heavy atom. The van der Waals surface area contributed by atoms with Crippen molar-refractivity contribution in [3.8, 4) is 0 Å². The topological polar surface area (TPSA) is 55.8 Å². The van der Waals surface area contributed by atoms with Crippen LogP contribution in [0.2, 0.25) is 0 Å². The summed E-state index contributed by atoms with van der Waals surface area (Å²) in [7, 11) is 0. The average molecular weight is 317 g/mol. The summed E-state index contributed by atoms with van der Waals surface area (Å²) in [5, 5.41) is 0. The first-order chi connectivity index (χ1) is 10.9. The first-order valence-electron chi connectivity index (χ1n) is 7.83. The van der Waals surface area contributed by atoms with E-state index < -0.39 is 18.3 Å². The van der Waals surface area contributed by atoms with Crippen molar-refractivity contribution in [3.63, 3.8) is 0 Å². The molecule has 1 fully saturated rings. The zero-order valence-corrected chi connectivity index (χ0v) is 14.0. The molecule has 1 aliphatic heterocycles. The molecule has 1 amide bonds. The number of carbonyl (C=O) groups excluding carboxylic acids is 2. The number of cyclic esters (lactones) is 1. The minimum Gasteiger partial charge on any atom is -0.444 e. The summed E-state index contributed by atoms with van der Waals surface area (Å²) < 4.78 is 10.7. The molecule has 0 spiro atoms. The molecule has 5 heteroatoms. The number of allylic oxidation sites excluding steroid dienone is 1. The van der Waals surface area contributed by atoms with Crippen LogP contribution in [-0.4, -0.2) is 23.2 Å². The number of benzene rings is 1. The minimum absolute atomic E-state index is 0.0266. The standard InChI is InChI=1S/C18H23NO4/c1-12(2)10-15-17(20)23-16(13(3)4)19(15)18(21)22-11-14-8-6-5-7-9-14/h5-10,12-13,16H,11H2,1-4H3/b15-10+. The van der Waals surface area contributed by atoms with Crippen molar-refractivity contribution < 1.29 is 19.1 Å². The van der Waals surface area contributed by atoms with Gasteiger partial charge in [0.25, 0.3) is 0 Å². The van der Waals surface area contributed by atoms with E-state index in [1.54, 1.807) is 6.08 Å². The van der Waals surface area contributed by atoms with E-state index >= 15 is 0 Å². The summed E-state index contributed by atoms with van der Waals surface area (Å²) in [5.74, 6) is -0.386. The Balaban J connectivity index is 2.17. The van der Waals surface area contributed by atoms with Gasteiger partial charge in [0, 0.05) is 5.92 Å². The van der Waals surface area contributed by atoms with Gasteiger partial charge in [0.05, 0.1) is 0 Å². The Kier molecular flexibility index (Phi) is 5.42. The van der Waals surface area contributed by atoms with Crippen molar-refractivity contribution in [1.82, 2.24) is 4.90 Å². The first-order valence-corrected chi connectivity index (χ1v) is 7.83. The maximum atomic E-state index is 12.5. The maximum Gasteiger partial charge on any atom is 0.417 e. The largest absolute Gasteiger partial charge is 0.444 e. The smallest absolute Gasteiger partial charge is 0.417 e. The fourth-order valence-corrected chi connectivity index (χ4v) is 2.35. The minimum atomic E-state index is -0.629. The Morgan fingerprint density at radius 2 is 1.91 bits per heavy atom. The summed E-state index contributed by atoms with van der Waals surface area (Å²) in [4.78, 5) is 25.9. The number of nitrogens with zero attached hydrogens (tertiary/aromatic N) is 1. The highest BCUT2D eigenvalue weighted by molar-refractivity contribution is 5.95. The monoisotopic (exact) mass is 317 g/mol. The van der Waals surface area contributed by atoms with E-state index in [0.717, 1.165) is 5.56 Å². The Hall–Kier alpha value is -2.30. The van der Waals surface area contributed by atoms with Crippen molar-refractivity contribution in [2.45, 2.75) is 40.5 Å². The summed E-state index contributed by atoms with van der Waals surface area (Å²) >= 11 is 0. The van der Waals surface area contributed by atoms with Gasteiger partial charge in [-0.25, -0.2) is 14.5 Å². The zero-order chi connectivity index (χ0) is 17.0. The van der Waals surface area contributed by atoms with E-state index in [1.807, 2.05) is 58.0 Å². The highest BCUT2D eigenvalue weighted by atomic mass is 16.6. The summed E-state index contributed by atoms with van der Waals surface area (Å²) in [5.41, 5.74) is 1.15. The Labute approximate surface area is 136 Å².